The summed E-state index contributed by atoms with van der Waals surface area (Å²) in [6.45, 7) is 1.80. The molecule has 0 saturated carbocycles. The average molecular weight is 137 g/mol. The van der Waals surface area contributed by atoms with Crippen molar-refractivity contribution in [2.24, 2.45) is 5.73 Å². The molecule has 0 aromatic heterocycles. The molecular weight excluding hydrogens is 126 g/mol. The third kappa shape index (κ3) is 2.28. The number of hydrogen-bond acceptors (Lipinski definition) is 3. The number of hydrogen-bond donors (Lipinski definition) is 1. The van der Waals surface area contributed by atoms with Gasteiger partial charge in [-0.2, -0.15) is 0 Å². The number of nitrogens with two attached hydrogens (primary N) is 1. The maximum atomic E-state index is 10.5. The highest BCUT2D eigenvalue weighted by Crippen LogP contribution is 1.92. The lowest BCUT2D eigenvalue weighted by Crippen LogP contribution is -2.25. The first-order valence-corrected chi connectivity index (χ1v) is 4.33. The lowest BCUT2D eigenvalue weighted by atomic mass is 10.5. The van der Waals surface area contributed by atoms with Crippen LogP contribution < -0.4 is 5.73 Å². The number of sulfone groups is 1. The van der Waals surface area contributed by atoms with Gasteiger partial charge in [0.25, 0.3) is 0 Å². The van der Waals surface area contributed by atoms with E-state index in [0.29, 0.717) is 0 Å². The Balaban J connectivity index is 4.04. The van der Waals surface area contributed by atoms with Crippen molar-refractivity contribution in [1.29, 1.82) is 0 Å². The Morgan fingerprint density at radius 3 is 2.00 bits per heavy atom. The molecule has 0 spiro atoms. The van der Waals surface area contributed by atoms with Crippen LogP contribution in [0.5, 0.6) is 0 Å². The van der Waals surface area contributed by atoms with Gasteiger partial charge >= 0.3 is 0 Å². The van der Waals surface area contributed by atoms with Gasteiger partial charge in [0.15, 0.2) is 9.84 Å². The Morgan fingerprint density at radius 1 is 1.62 bits per heavy atom. The molecule has 0 unspecified atom stereocenters. The van der Waals surface area contributed by atoms with Gasteiger partial charge in [-0.25, -0.2) is 8.42 Å². The lowest BCUT2D eigenvalue weighted by Gasteiger charge is -2.02. The van der Waals surface area contributed by atoms with Gasteiger partial charge in [-0.1, -0.05) is 0 Å². The van der Waals surface area contributed by atoms with Crippen molar-refractivity contribution in [3.8, 4) is 0 Å². The molecule has 0 radical (unpaired) electrons. The summed E-state index contributed by atoms with van der Waals surface area (Å²) in [7, 11) is -2.88. The van der Waals surface area contributed by atoms with Crippen molar-refractivity contribution in [2.75, 3.05) is 12.8 Å². The molecule has 1 atom stereocenters. The van der Waals surface area contributed by atoms with E-state index in [1.807, 2.05) is 0 Å². The van der Waals surface area contributed by atoms with Crippen molar-refractivity contribution in [3.05, 3.63) is 0 Å². The minimum atomic E-state index is -2.88. The molecule has 0 heterocycles. The Morgan fingerprint density at radius 2 is 2.00 bits per heavy atom. The minimum absolute atomic E-state index is 0.207. The van der Waals surface area contributed by atoms with Gasteiger partial charge in [0.1, 0.15) is 0 Å². The first-order valence-electron chi connectivity index (χ1n) is 2.37. The van der Waals surface area contributed by atoms with Crippen molar-refractivity contribution in [2.45, 2.75) is 12.2 Å². The molecule has 3 nitrogen and oxygen atoms in total. The van der Waals surface area contributed by atoms with Crippen molar-refractivity contribution in [3.63, 3.8) is 0 Å². The van der Waals surface area contributed by atoms with Crippen LogP contribution in [-0.2, 0) is 9.84 Å². The lowest BCUT2D eigenvalue weighted by molar-refractivity contribution is 0.590. The Kier molecular flexibility index (Phi) is 2.43. The molecule has 0 aromatic carbocycles. The summed E-state index contributed by atoms with van der Waals surface area (Å²) in [5, 5.41) is -0.400. The highest BCUT2D eigenvalue weighted by atomic mass is 32.2. The third-order valence-electron chi connectivity index (χ3n) is 1.06. The molecule has 0 fully saturated rings. The van der Waals surface area contributed by atoms with Gasteiger partial charge in [-0.3, -0.25) is 0 Å². The van der Waals surface area contributed by atoms with Crippen molar-refractivity contribution in [1.82, 2.24) is 0 Å². The quantitative estimate of drug-likeness (QED) is 0.551. The van der Waals surface area contributed by atoms with Gasteiger partial charge < -0.3 is 5.73 Å². The molecule has 0 aromatic rings. The van der Waals surface area contributed by atoms with Crippen LogP contribution in [0.1, 0.15) is 6.92 Å². The summed E-state index contributed by atoms with van der Waals surface area (Å²) in [4.78, 5) is 0. The van der Waals surface area contributed by atoms with E-state index in [0.717, 1.165) is 0 Å². The molecule has 50 valence electrons. The minimum Gasteiger partial charge on any atom is -0.329 e. The summed E-state index contributed by atoms with van der Waals surface area (Å²) in [6.07, 6.45) is 1.19. The SMILES string of the molecule is C[C@H](CN)S(C)(=O)=O. The fourth-order valence-corrected chi connectivity index (χ4v) is 0.524. The molecule has 8 heavy (non-hydrogen) atoms. The molecule has 0 bridgehead atoms. The summed E-state index contributed by atoms with van der Waals surface area (Å²) in [5.41, 5.74) is 5.08. The summed E-state index contributed by atoms with van der Waals surface area (Å²) < 4.78 is 21.0. The van der Waals surface area contributed by atoms with E-state index in [-0.39, 0.29) is 6.54 Å². The van der Waals surface area contributed by atoms with Crippen LogP contribution >= 0.6 is 0 Å². The predicted molar refractivity (Wildman–Crippen MR) is 33.4 cm³/mol. The second kappa shape index (κ2) is 2.46. The van der Waals surface area contributed by atoms with E-state index >= 15 is 0 Å². The van der Waals surface area contributed by atoms with E-state index < -0.39 is 15.1 Å². The molecule has 0 rings (SSSR count). The highest BCUT2D eigenvalue weighted by Gasteiger charge is 2.10. The predicted octanol–water partition coefficient (Wildman–Crippen LogP) is -0.622. The van der Waals surface area contributed by atoms with Crippen LogP contribution in [0.25, 0.3) is 0 Å². The Labute approximate surface area is 49.8 Å². The molecule has 0 aliphatic carbocycles. The van der Waals surface area contributed by atoms with Crippen LogP contribution in [0, 0.1) is 0 Å². The van der Waals surface area contributed by atoms with E-state index in [2.05, 4.69) is 0 Å². The zero-order valence-corrected chi connectivity index (χ0v) is 5.90. The smallest absolute Gasteiger partial charge is 0.151 e. The van der Waals surface area contributed by atoms with Gasteiger partial charge in [0, 0.05) is 12.8 Å². The van der Waals surface area contributed by atoms with Crippen LogP contribution in [-0.4, -0.2) is 26.5 Å². The molecule has 0 saturated heterocycles. The van der Waals surface area contributed by atoms with E-state index in [1.54, 1.807) is 6.92 Å². The summed E-state index contributed by atoms with van der Waals surface area (Å²) in [6, 6.07) is 0. The standard InChI is InChI=1S/C4H11NO2S/c1-4(3-5)8(2,6)7/h4H,3,5H2,1-2H3/t4-/m1/s1. The molecule has 0 aliphatic heterocycles. The molecule has 2 N–H and O–H groups in total. The Hall–Kier alpha value is -0.0900. The first kappa shape index (κ1) is 7.91. The van der Waals surface area contributed by atoms with Gasteiger partial charge in [-0.15, -0.1) is 0 Å². The van der Waals surface area contributed by atoms with Crippen molar-refractivity contribution < 1.29 is 8.42 Å². The van der Waals surface area contributed by atoms with Crippen LogP contribution in [0.15, 0.2) is 0 Å². The third-order valence-corrected chi connectivity index (χ3v) is 2.72. The van der Waals surface area contributed by atoms with E-state index in [9.17, 15) is 8.42 Å². The topological polar surface area (TPSA) is 60.2 Å². The van der Waals surface area contributed by atoms with Gasteiger partial charge in [0.05, 0.1) is 5.25 Å². The van der Waals surface area contributed by atoms with Crippen LogP contribution in [0.2, 0.25) is 0 Å². The van der Waals surface area contributed by atoms with Crippen molar-refractivity contribution >= 4 is 9.84 Å². The second-order valence-corrected chi connectivity index (χ2v) is 4.34. The fraction of sp³-hybridized carbons (Fsp3) is 1.00. The zero-order valence-electron chi connectivity index (χ0n) is 5.09. The highest BCUT2D eigenvalue weighted by molar-refractivity contribution is 7.91. The number of rotatable bonds is 2. The van der Waals surface area contributed by atoms with Crippen LogP contribution in [0.3, 0.4) is 0 Å². The molecular formula is C4H11NO2S. The fourth-order valence-electron chi connectivity index (χ4n) is 0.175. The van der Waals surface area contributed by atoms with E-state index in [1.165, 1.54) is 6.26 Å². The van der Waals surface area contributed by atoms with Gasteiger partial charge in [0.2, 0.25) is 0 Å². The Bertz CT molecular complexity index is 149. The zero-order chi connectivity index (χ0) is 6.78. The second-order valence-electron chi connectivity index (χ2n) is 1.88. The summed E-state index contributed by atoms with van der Waals surface area (Å²) >= 11 is 0. The average Bonchev–Trinajstić information content (AvgIpc) is 1.62. The maximum Gasteiger partial charge on any atom is 0.151 e. The largest absolute Gasteiger partial charge is 0.329 e. The molecule has 0 amide bonds. The molecule has 4 heteroatoms. The maximum absolute atomic E-state index is 10.5. The van der Waals surface area contributed by atoms with E-state index in [4.69, 9.17) is 5.73 Å². The monoisotopic (exact) mass is 137 g/mol. The first-order chi connectivity index (χ1) is 3.48. The summed E-state index contributed by atoms with van der Waals surface area (Å²) in [5.74, 6) is 0. The normalized spacial score (nSPS) is 15.9. The van der Waals surface area contributed by atoms with Gasteiger partial charge in [-0.05, 0) is 6.92 Å². The van der Waals surface area contributed by atoms with Crippen LogP contribution in [0.4, 0.5) is 0 Å². The molecule has 0 aliphatic rings.